The van der Waals surface area contributed by atoms with Gasteiger partial charge < -0.3 is 9.47 Å². The van der Waals surface area contributed by atoms with E-state index in [1.54, 1.807) is 32.5 Å². The van der Waals surface area contributed by atoms with Gasteiger partial charge in [-0.2, -0.15) is 0 Å². The molecule has 3 aromatic rings. The van der Waals surface area contributed by atoms with Crippen LogP contribution in [-0.2, 0) is 22.9 Å². The van der Waals surface area contributed by atoms with Gasteiger partial charge in [-0.1, -0.05) is 12.1 Å². The predicted octanol–water partition coefficient (Wildman–Crippen LogP) is 4.13. The van der Waals surface area contributed by atoms with E-state index in [4.69, 9.17) is 14.5 Å². The van der Waals surface area contributed by atoms with Crippen LogP contribution < -0.4 is 13.8 Å². The third kappa shape index (κ3) is 3.89. The quantitative estimate of drug-likeness (QED) is 0.548. The molecule has 0 aliphatic carbocycles. The lowest BCUT2D eigenvalue weighted by atomic mass is 10.1. The molecular weight excluding hydrogens is 420 g/mol. The molecule has 2 heterocycles. The summed E-state index contributed by atoms with van der Waals surface area (Å²) in [5.41, 5.74) is 4.87. The molecule has 1 aromatic heterocycles. The van der Waals surface area contributed by atoms with Gasteiger partial charge in [-0.3, -0.25) is 4.31 Å². The fourth-order valence-corrected chi connectivity index (χ4v) is 5.66. The average Bonchev–Trinajstić information content (AvgIpc) is 3.40. The molecule has 0 fully saturated rings. The van der Waals surface area contributed by atoms with Gasteiger partial charge in [0.15, 0.2) is 11.5 Å². The van der Waals surface area contributed by atoms with Gasteiger partial charge in [0, 0.05) is 23.9 Å². The highest BCUT2D eigenvalue weighted by molar-refractivity contribution is 7.92. The Labute approximate surface area is 181 Å². The average molecular weight is 445 g/mol. The summed E-state index contributed by atoms with van der Waals surface area (Å²) in [7, 11) is 0.0224. The zero-order valence-electron chi connectivity index (χ0n) is 17.2. The number of thiazole rings is 1. The van der Waals surface area contributed by atoms with Crippen LogP contribution in [0.5, 0.6) is 11.5 Å². The highest BCUT2D eigenvalue weighted by atomic mass is 32.2. The van der Waals surface area contributed by atoms with Crippen molar-refractivity contribution in [3.05, 3.63) is 57.9 Å². The lowest BCUT2D eigenvalue weighted by molar-refractivity contribution is 0.354. The molecule has 0 radical (unpaired) electrons. The highest BCUT2D eigenvalue weighted by Gasteiger charge is 2.28. The zero-order chi connectivity index (χ0) is 21.3. The molecule has 1 aliphatic heterocycles. The Balaban J connectivity index is 1.55. The van der Waals surface area contributed by atoms with E-state index in [1.807, 2.05) is 35.7 Å². The lowest BCUT2D eigenvalue weighted by Gasteiger charge is -2.18. The molecule has 0 unspecified atom stereocenters. The van der Waals surface area contributed by atoms with Crippen LogP contribution in [0.4, 0.5) is 5.69 Å². The minimum Gasteiger partial charge on any atom is -0.493 e. The van der Waals surface area contributed by atoms with Gasteiger partial charge in [-0.25, -0.2) is 13.4 Å². The number of hydrogen-bond acceptors (Lipinski definition) is 6. The van der Waals surface area contributed by atoms with Crippen LogP contribution in [0.3, 0.4) is 0 Å². The second-order valence-corrected chi connectivity index (χ2v) is 10.2. The van der Waals surface area contributed by atoms with Crippen molar-refractivity contribution in [2.24, 2.45) is 0 Å². The van der Waals surface area contributed by atoms with Gasteiger partial charge in [0.05, 0.1) is 36.4 Å². The third-order valence-electron chi connectivity index (χ3n) is 5.28. The van der Waals surface area contributed by atoms with E-state index in [-0.39, 0.29) is 5.75 Å². The molecule has 8 heteroatoms. The number of rotatable bonds is 7. The van der Waals surface area contributed by atoms with E-state index < -0.39 is 10.0 Å². The number of nitrogens with zero attached hydrogens (tertiary/aromatic N) is 2. The summed E-state index contributed by atoms with van der Waals surface area (Å²) in [6.45, 7) is 2.19. The summed E-state index contributed by atoms with van der Waals surface area (Å²) < 4.78 is 36.8. The van der Waals surface area contributed by atoms with Crippen LogP contribution in [0, 0.1) is 0 Å². The minimum absolute atomic E-state index is 0.111. The Morgan fingerprint density at radius 3 is 2.63 bits per heavy atom. The fourth-order valence-electron chi connectivity index (χ4n) is 3.67. The number of anilines is 1. The maximum Gasteiger partial charge on any atom is 0.234 e. The molecule has 0 atom stereocenters. The molecule has 1 aliphatic rings. The molecule has 0 spiro atoms. The van der Waals surface area contributed by atoms with Crippen molar-refractivity contribution in [3.63, 3.8) is 0 Å². The molecule has 30 heavy (non-hydrogen) atoms. The van der Waals surface area contributed by atoms with E-state index >= 15 is 0 Å². The molecule has 0 bridgehead atoms. The van der Waals surface area contributed by atoms with Crippen LogP contribution >= 0.6 is 11.3 Å². The van der Waals surface area contributed by atoms with E-state index in [9.17, 15) is 8.42 Å². The van der Waals surface area contributed by atoms with Crippen molar-refractivity contribution in [1.29, 1.82) is 0 Å². The summed E-state index contributed by atoms with van der Waals surface area (Å²) in [5.74, 6) is 1.52. The van der Waals surface area contributed by atoms with Crippen LogP contribution in [0.2, 0.25) is 0 Å². The summed E-state index contributed by atoms with van der Waals surface area (Å²) in [6, 6.07) is 11.8. The minimum atomic E-state index is -3.23. The van der Waals surface area contributed by atoms with Gasteiger partial charge in [-0.05, 0) is 48.7 Å². The SMILES string of the molecule is CCS(=O)(=O)N1CCc2cc(-c3csc(Cc4ccc(OC)c(OC)c4)n3)ccc21. The van der Waals surface area contributed by atoms with E-state index in [2.05, 4.69) is 6.07 Å². The van der Waals surface area contributed by atoms with Crippen LogP contribution in [-0.4, -0.2) is 39.9 Å². The number of fused-ring (bicyclic) bond motifs is 1. The second kappa shape index (κ2) is 8.28. The number of ether oxygens (including phenoxy) is 2. The maximum atomic E-state index is 12.3. The van der Waals surface area contributed by atoms with Crippen LogP contribution in [0.25, 0.3) is 11.3 Å². The standard InChI is InChI=1S/C22H24N2O4S2/c1-4-30(25,26)24-10-9-17-13-16(6-7-19(17)24)18-14-29-22(23-18)12-15-5-8-20(27-2)21(11-15)28-3/h5-8,11,13-14H,4,9-10,12H2,1-3H3. The van der Waals surface area contributed by atoms with E-state index in [0.717, 1.165) is 39.5 Å². The number of methoxy groups -OCH3 is 2. The first kappa shape index (κ1) is 20.7. The fraction of sp³-hybridized carbons (Fsp3) is 0.318. The van der Waals surface area contributed by atoms with Gasteiger partial charge in [0.25, 0.3) is 0 Å². The van der Waals surface area contributed by atoms with Crippen molar-refractivity contribution in [2.45, 2.75) is 19.8 Å². The van der Waals surface area contributed by atoms with E-state index in [0.29, 0.717) is 24.5 Å². The maximum absolute atomic E-state index is 12.3. The van der Waals surface area contributed by atoms with E-state index in [1.165, 1.54) is 4.31 Å². The molecule has 4 rings (SSSR count). The zero-order valence-corrected chi connectivity index (χ0v) is 18.8. The van der Waals surface area contributed by atoms with Crippen molar-refractivity contribution in [2.75, 3.05) is 30.8 Å². The van der Waals surface area contributed by atoms with Crippen LogP contribution in [0.1, 0.15) is 23.1 Å². The number of benzene rings is 2. The second-order valence-electron chi connectivity index (χ2n) is 7.06. The molecule has 0 saturated heterocycles. The van der Waals surface area contributed by atoms with Crippen molar-refractivity contribution in [1.82, 2.24) is 4.98 Å². The van der Waals surface area contributed by atoms with Crippen molar-refractivity contribution < 1.29 is 17.9 Å². The normalized spacial score (nSPS) is 13.4. The number of sulfonamides is 1. The summed E-state index contributed by atoms with van der Waals surface area (Å²) in [6.07, 6.45) is 1.43. The Morgan fingerprint density at radius 1 is 1.10 bits per heavy atom. The number of hydrogen-bond donors (Lipinski definition) is 0. The topological polar surface area (TPSA) is 68.7 Å². The molecule has 0 N–H and O–H groups in total. The van der Waals surface area contributed by atoms with Crippen molar-refractivity contribution >= 4 is 27.0 Å². The Bertz CT molecular complexity index is 1170. The first-order valence-corrected chi connectivity index (χ1v) is 12.2. The highest BCUT2D eigenvalue weighted by Crippen LogP contribution is 2.35. The Hall–Kier alpha value is -2.58. The first-order chi connectivity index (χ1) is 14.4. The molecule has 2 aromatic carbocycles. The predicted molar refractivity (Wildman–Crippen MR) is 120 cm³/mol. The molecule has 0 saturated carbocycles. The Kier molecular flexibility index (Phi) is 5.71. The summed E-state index contributed by atoms with van der Waals surface area (Å²) in [5, 5.41) is 3.06. The van der Waals surface area contributed by atoms with Gasteiger partial charge in [-0.15, -0.1) is 11.3 Å². The lowest BCUT2D eigenvalue weighted by Crippen LogP contribution is -2.30. The van der Waals surface area contributed by atoms with Gasteiger partial charge in [0.2, 0.25) is 10.0 Å². The molecule has 158 valence electrons. The van der Waals surface area contributed by atoms with Crippen LogP contribution in [0.15, 0.2) is 41.8 Å². The van der Waals surface area contributed by atoms with Crippen molar-refractivity contribution in [3.8, 4) is 22.8 Å². The summed E-state index contributed by atoms with van der Waals surface area (Å²) in [4.78, 5) is 4.80. The molecular formula is C22H24N2O4S2. The molecule has 6 nitrogen and oxygen atoms in total. The Morgan fingerprint density at radius 2 is 1.90 bits per heavy atom. The summed E-state index contributed by atoms with van der Waals surface area (Å²) >= 11 is 1.61. The van der Waals surface area contributed by atoms with Gasteiger partial charge >= 0.3 is 0 Å². The smallest absolute Gasteiger partial charge is 0.234 e. The largest absolute Gasteiger partial charge is 0.493 e. The first-order valence-electron chi connectivity index (χ1n) is 9.74. The van der Waals surface area contributed by atoms with Gasteiger partial charge in [0.1, 0.15) is 0 Å². The molecule has 0 amide bonds. The number of aromatic nitrogens is 1. The third-order valence-corrected chi connectivity index (χ3v) is 7.91. The monoisotopic (exact) mass is 444 g/mol.